The van der Waals surface area contributed by atoms with Crippen LogP contribution in [0.5, 0.6) is 5.75 Å². The molecule has 0 spiro atoms. The van der Waals surface area contributed by atoms with Crippen LogP contribution >= 0.6 is 0 Å². The molecule has 3 heterocycles. The van der Waals surface area contributed by atoms with Gasteiger partial charge >= 0.3 is 0 Å². The molecule has 0 aliphatic carbocycles. The summed E-state index contributed by atoms with van der Waals surface area (Å²) < 4.78 is 0. The van der Waals surface area contributed by atoms with Crippen molar-refractivity contribution in [1.29, 1.82) is 0 Å². The van der Waals surface area contributed by atoms with Crippen LogP contribution in [0.1, 0.15) is 28.2 Å². The zero-order valence-corrected chi connectivity index (χ0v) is 15.0. The van der Waals surface area contributed by atoms with Crippen LogP contribution < -0.4 is 4.90 Å². The lowest BCUT2D eigenvalue weighted by atomic mass is 10.1. The van der Waals surface area contributed by atoms with Gasteiger partial charge in [-0.2, -0.15) is 0 Å². The summed E-state index contributed by atoms with van der Waals surface area (Å²) in [7, 11) is 0. The van der Waals surface area contributed by atoms with E-state index in [-0.39, 0.29) is 12.4 Å². The molecule has 1 fully saturated rings. The van der Waals surface area contributed by atoms with E-state index in [1.54, 1.807) is 19.3 Å². The summed E-state index contributed by atoms with van der Waals surface area (Å²) in [6.45, 7) is 9.65. The van der Waals surface area contributed by atoms with Crippen molar-refractivity contribution in [3.05, 3.63) is 40.6 Å². The van der Waals surface area contributed by atoms with Gasteiger partial charge in [-0.3, -0.25) is 14.9 Å². The Kier molecular flexibility index (Phi) is 5.15. The fourth-order valence-corrected chi connectivity index (χ4v) is 3.16. The molecular weight excluding hydrogens is 318 g/mol. The Balaban J connectivity index is 1.69. The molecule has 134 valence electrons. The summed E-state index contributed by atoms with van der Waals surface area (Å²) in [6, 6.07) is 0. The number of aliphatic hydroxyl groups excluding tert-OH is 1. The fraction of sp³-hybridized carbons (Fsp3) is 0.500. The minimum atomic E-state index is -0.117. The third-order valence-corrected chi connectivity index (χ3v) is 4.70. The predicted octanol–water partition coefficient (Wildman–Crippen LogP) is 1.32. The molecule has 0 radical (unpaired) electrons. The number of aromatic nitrogens is 3. The van der Waals surface area contributed by atoms with Crippen LogP contribution in [0.25, 0.3) is 0 Å². The summed E-state index contributed by atoms with van der Waals surface area (Å²) in [6.07, 6.45) is 3.44. The molecule has 7 nitrogen and oxygen atoms in total. The van der Waals surface area contributed by atoms with Crippen LogP contribution in [-0.4, -0.2) is 56.2 Å². The van der Waals surface area contributed by atoms with Gasteiger partial charge < -0.3 is 15.1 Å². The second-order valence-electron chi connectivity index (χ2n) is 6.54. The molecule has 1 aliphatic heterocycles. The normalized spacial score (nSPS) is 15.6. The van der Waals surface area contributed by atoms with Gasteiger partial charge in [0, 0.05) is 56.2 Å². The average molecular weight is 343 g/mol. The van der Waals surface area contributed by atoms with Gasteiger partial charge in [0.05, 0.1) is 23.7 Å². The van der Waals surface area contributed by atoms with Gasteiger partial charge in [-0.25, -0.2) is 4.98 Å². The van der Waals surface area contributed by atoms with Crippen molar-refractivity contribution < 1.29 is 10.2 Å². The number of hydrogen-bond donors (Lipinski definition) is 2. The molecule has 2 aromatic heterocycles. The summed E-state index contributed by atoms with van der Waals surface area (Å²) in [4.78, 5) is 17.7. The molecule has 7 heteroatoms. The van der Waals surface area contributed by atoms with E-state index in [1.165, 1.54) is 0 Å². The van der Waals surface area contributed by atoms with E-state index in [9.17, 15) is 10.2 Å². The highest BCUT2D eigenvalue weighted by atomic mass is 16.3. The largest absolute Gasteiger partial charge is 0.506 e. The SMILES string of the molecule is Cc1cnc(C)c(N2CCN(Cc3c(CO)cnc(C)c3O)CC2)n1. The molecule has 0 bridgehead atoms. The van der Waals surface area contributed by atoms with Crippen LogP contribution in [-0.2, 0) is 13.2 Å². The molecule has 2 aromatic rings. The van der Waals surface area contributed by atoms with Crippen molar-refractivity contribution in [1.82, 2.24) is 19.9 Å². The van der Waals surface area contributed by atoms with Crippen LogP contribution in [0, 0.1) is 20.8 Å². The second kappa shape index (κ2) is 7.33. The Morgan fingerprint density at radius 2 is 1.68 bits per heavy atom. The standard InChI is InChI=1S/C18H25N5O2/c1-12-8-19-14(3)18(21-12)23-6-4-22(5-7-23)10-16-15(11-24)9-20-13(2)17(16)25/h8-9,24-25H,4-7,10-11H2,1-3H3. The number of rotatable bonds is 4. The highest BCUT2D eigenvalue weighted by molar-refractivity contribution is 5.44. The number of piperazine rings is 1. The molecule has 0 atom stereocenters. The summed E-state index contributed by atoms with van der Waals surface area (Å²) in [5.74, 6) is 1.15. The number of anilines is 1. The van der Waals surface area contributed by atoms with E-state index < -0.39 is 0 Å². The molecule has 2 N–H and O–H groups in total. The van der Waals surface area contributed by atoms with E-state index in [1.807, 2.05) is 13.8 Å². The fourth-order valence-electron chi connectivity index (χ4n) is 3.16. The van der Waals surface area contributed by atoms with Gasteiger partial charge in [0.25, 0.3) is 0 Å². The van der Waals surface area contributed by atoms with Crippen LogP contribution in [0.15, 0.2) is 12.4 Å². The monoisotopic (exact) mass is 343 g/mol. The minimum absolute atomic E-state index is 0.117. The van der Waals surface area contributed by atoms with Crippen molar-refractivity contribution >= 4 is 5.82 Å². The second-order valence-corrected chi connectivity index (χ2v) is 6.54. The van der Waals surface area contributed by atoms with Crippen molar-refractivity contribution in [3.8, 4) is 5.75 Å². The maximum absolute atomic E-state index is 10.3. The van der Waals surface area contributed by atoms with Crippen LogP contribution in [0.2, 0.25) is 0 Å². The topological polar surface area (TPSA) is 85.6 Å². The first-order valence-corrected chi connectivity index (χ1v) is 8.54. The third-order valence-electron chi connectivity index (χ3n) is 4.70. The van der Waals surface area contributed by atoms with E-state index in [4.69, 9.17) is 0 Å². The van der Waals surface area contributed by atoms with Gasteiger partial charge in [-0.05, 0) is 20.8 Å². The lowest BCUT2D eigenvalue weighted by Crippen LogP contribution is -2.46. The number of hydrogen-bond acceptors (Lipinski definition) is 7. The van der Waals surface area contributed by atoms with Crippen molar-refractivity contribution in [3.63, 3.8) is 0 Å². The number of aromatic hydroxyl groups is 1. The van der Waals surface area contributed by atoms with Crippen molar-refractivity contribution in [2.24, 2.45) is 0 Å². The zero-order chi connectivity index (χ0) is 18.0. The molecule has 0 aromatic carbocycles. The zero-order valence-electron chi connectivity index (χ0n) is 15.0. The summed E-state index contributed by atoms with van der Waals surface area (Å²) >= 11 is 0. The highest BCUT2D eigenvalue weighted by Crippen LogP contribution is 2.26. The van der Waals surface area contributed by atoms with Gasteiger partial charge in [0.2, 0.25) is 0 Å². The molecule has 1 aliphatic rings. The number of aliphatic hydroxyl groups is 1. The molecule has 1 saturated heterocycles. The third kappa shape index (κ3) is 3.72. The van der Waals surface area contributed by atoms with E-state index in [0.29, 0.717) is 17.8 Å². The molecule has 0 unspecified atom stereocenters. The van der Waals surface area contributed by atoms with E-state index in [0.717, 1.165) is 48.9 Å². The molecule has 0 saturated carbocycles. The van der Waals surface area contributed by atoms with Crippen LogP contribution in [0.3, 0.4) is 0 Å². The number of aryl methyl sites for hydroxylation is 3. The van der Waals surface area contributed by atoms with E-state index in [2.05, 4.69) is 24.8 Å². The lowest BCUT2D eigenvalue weighted by molar-refractivity contribution is 0.238. The highest BCUT2D eigenvalue weighted by Gasteiger charge is 2.22. The number of pyridine rings is 1. The van der Waals surface area contributed by atoms with E-state index >= 15 is 0 Å². The van der Waals surface area contributed by atoms with Gasteiger partial charge in [-0.15, -0.1) is 0 Å². The van der Waals surface area contributed by atoms with Gasteiger partial charge in [0.15, 0.2) is 0 Å². The summed E-state index contributed by atoms with van der Waals surface area (Å²) in [5.41, 5.74) is 3.93. The Bertz CT molecular complexity index is 757. The Morgan fingerprint density at radius 1 is 1.00 bits per heavy atom. The Labute approximate surface area is 148 Å². The quantitative estimate of drug-likeness (QED) is 0.866. The smallest absolute Gasteiger partial charge is 0.150 e. The van der Waals surface area contributed by atoms with Crippen molar-refractivity contribution in [2.75, 3.05) is 31.1 Å². The summed E-state index contributed by atoms with van der Waals surface area (Å²) in [5, 5.41) is 19.8. The maximum Gasteiger partial charge on any atom is 0.150 e. The predicted molar refractivity (Wildman–Crippen MR) is 95.6 cm³/mol. The first kappa shape index (κ1) is 17.6. The average Bonchev–Trinajstić information content (AvgIpc) is 2.62. The molecule has 0 amide bonds. The van der Waals surface area contributed by atoms with Gasteiger partial charge in [0.1, 0.15) is 11.6 Å². The number of nitrogens with zero attached hydrogens (tertiary/aromatic N) is 5. The first-order chi connectivity index (χ1) is 12.0. The molecular formula is C18H25N5O2. The lowest BCUT2D eigenvalue weighted by Gasteiger charge is -2.36. The Morgan fingerprint density at radius 3 is 2.36 bits per heavy atom. The molecule has 25 heavy (non-hydrogen) atoms. The first-order valence-electron chi connectivity index (χ1n) is 8.54. The van der Waals surface area contributed by atoms with Gasteiger partial charge in [-0.1, -0.05) is 0 Å². The molecule has 3 rings (SSSR count). The Hall–Kier alpha value is -2.25. The van der Waals surface area contributed by atoms with Crippen LogP contribution in [0.4, 0.5) is 5.82 Å². The maximum atomic E-state index is 10.3. The minimum Gasteiger partial charge on any atom is -0.506 e. The van der Waals surface area contributed by atoms with Crippen molar-refractivity contribution in [2.45, 2.75) is 33.9 Å².